The van der Waals surface area contributed by atoms with Crippen LogP contribution in [0.25, 0.3) is 0 Å². The van der Waals surface area contributed by atoms with Crippen LogP contribution in [0.5, 0.6) is 0 Å². The Bertz CT molecular complexity index is 500. The molecule has 1 aromatic rings. The summed E-state index contributed by atoms with van der Waals surface area (Å²) in [5.74, 6) is 0.627. The van der Waals surface area contributed by atoms with Crippen molar-refractivity contribution in [2.45, 2.75) is 32.7 Å². The molecule has 0 aliphatic carbocycles. The Hall–Kier alpha value is -0.660. The second kappa shape index (κ2) is 9.59. The van der Waals surface area contributed by atoms with Crippen LogP contribution in [0.15, 0.2) is 24.3 Å². The predicted octanol–water partition coefficient (Wildman–Crippen LogP) is 3.16. The van der Waals surface area contributed by atoms with E-state index >= 15 is 0 Å². The van der Waals surface area contributed by atoms with Crippen LogP contribution in [0.3, 0.4) is 0 Å². The number of amides is 1. The second-order valence-electron chi connectivity index (χ2n) is 5.98. The van der Waals surface area contributed by atoms with Crippen molar-refractivity contribution < 1.29 is 9.53 Å². The second-order valence-corrected chi connectivity index (χ2v) is 7.14. The first kappa shape index (κ1) is 18.7. The molecule has 1 aromatic carbocycles. The van der Waals surface area contributed by atoms with Crippen molar-refractivity contribution in [2.24, 2.45) is 5.92 Å². The molecule has 4 nitrogen and oxygen atoms in total. The molecule has 0 radical (unpaired) electrons. The van der Waals surface area contributed by atoms with E-state index in [1.807, 2.05) is 24.3 Å². The third kappa shape index (κ3) is 5.16. The van der Waals surface area contributed by atoms with Crippen LogP contribution in [-0.2, 0) is 4.74 Å². The molecule has 1 N–H and O–H groups in total. The molecule has 1 aliphatic rings. The van der Waals surface area contributed by atoms with Gasteiger partial charge in [-0.15, -0.1) is 0 Å². The number of morpholine rings is 1. The average Bonchev–Trinajstić information content (AvgIpc) is 2.59. The highest BCUT2D eigenvalue weighted by molar-refractivity contribution is 14.1. The Balaban J connectivity index is 2.02. The molecule has 0 bridgehead atoms. The van der Waals surface area contributed by atoms with E-state index in [1.54, 1.807) is 0 Å². The van der Waals surface area contributed by atoms with E-state index in [4.69, 9.17) is 4.74 Å². The summed E-state index contributed by atoms with van der Waals surface area (Å²) in [5.41, 5.74) is 0.762. The number of carbonyl (C=O) groups excluding carboxylic acids is 1. The van der Waals surface area contributed by atoms with Crippen molar-refractivity contribution in [2.75, 3.05) is 32.8 Å². The van der Waals surface area contributed by atoms with Crippen molar-refractivity contribution in [3.05, 3.63) is 33.4 Å². The fourth-order valence-electron chi connectivity index (χ4n) is 3.27. The molecule has 0 saturated carbocycles. The Labute approximate surface area is 153 Å². The predicted molar refractivity (Wildman–Crippen MR) is 102 cm³/mol. The molecule has 0 aromatic heterocycles. The van der Waals surface area contributed by atoms with Gasteiger partial charge in [-0.2, -0.15) is 0 Å². The summed E-state index contributed by atoms with van der Waals surface area (Å²) in [5, 5.41) is 3.16. The molecule has 1 aliphatic heterocycles. The lowest BCUT2D eigenvalue weighted by atomic mass is 9.92. The molecular formula is C18H27IN2O2. The van der Waals surface area contributed by atoms with Crippen molar-refractivity contribution >= 4 is 28.5 Å². The van der Waals surface area contributed by atoms with Gasteiger partial charge >= 0.3 is 0 Å². The van der Waals surface area contributed by atoms with E-state index in [1.165, 1.54) is 0 Å². The van der Waals surface area contributed by atoms with Crippen molar-refractivity contribution in [3.8, 4) is 0 Å². The maximum Gasteiger partial charge on any atom is 0.252 e. The van der Waals surface area contributed by atoms with Crippen LogP contribution in [0.1, 0.15) is 37.0 Å². The van der Waals surface area contributed by atoms with Crippen LogP contribution in [-0.4, -0.2) is 49.7 Å². The van der Waals surface area contributed by atoms with E-state index in [0.29, 0.717) is 18.5 Å². The fourth-order valence-corrected chi connectivity index (χ4v) is 3.91. The third-order valence-corrected chi connectivity index (χ3v) is 5.64. The molecule has 1 heterocycles. The Morgan fingerprint density at radius 2 is 1.91 bits per heavy atom. The van der Waals surface area contributed by atoms with Gasteiger partial charge in [0.25, 0.3) is 5.91 Å². The van der Waals surface area contributed by atoms with Crippen molar-refractivity contribution in [1.82, 2.24) is 10.2 Å². The van der Waals surface area contributed by atoms with Crippen LogP contribution in [0, 0.1) is 9.49 Å². The van der Waals surface area contributed by atoms with Crippen LogP contribution < -0.4 is 5.32 Å². The summed E-state index contributed by atoms with van der Waals surface area (Å²) in [7, 11) is 0. The number of carbonyl (C=O) groups is 1. The van der Waals surface area contributed by atoms with E-state index in [0.717, 1.165) is 48.3 Å². The normalized spacial score (nSPS) is 17.2. The first-order chi connectivity index (χ1) is 11.2. The summed E-state index contributed by atoms with van der Waals surface area (Å²) in [4.78, 5) is 15.0. The number of ether oxygens (including phenoxy) is 1. The first-order valence-electron chi connectivity index (χ1n) is 8.51. The lowest BCUT2D eigenvalue weighted by Gasteiger charge is -2.38. The number of hydrogen-bond donors (Lipinski definition) is 1. The Kier molecular flexibility index (Phi) is 7.79. The average molecular weight is 430 g/mol. The van der Waals surface area contributed by atoms with Gasteiger partial charge in [0.15, 0.2) is 0 Å². The highest BCUT2D eigenvalue weighted by Crippen LogP contribution is 2.20. The molecular weight excluding hydrogens is 403 g/mol. The van der Waals surface area contributed by atoms with Gasteiger partial charge in [0.05, 0.1) is 18.8 Å². The quantitative estimate of drug-likeness (QED) is 0.676. The third-order valence-electron chi connectivity index (χ3n) is 4.70. The van der Waals surface area contributed by atoms with Gasteiger partial charge in [-0.05, 0) is 40.6 Å². The lowest BCUT2D eigenvalue weighted by molar-refractivity contribution is 0.00191. The largest absolute Gasteiger partial charge is 0.379 e. The summed E-state index contributed by atoms with van der Waals surface area (Å²) >= 11 is 2.22. The van der Waals surface area contributed by atoms with E-state index in [2.05, 4.69) is 46.7 Å². The number of halogens is 1. The van der Waals surface area contributed by atoms with Gasteiger partial charge in [-0.1, -0.05) is 38.8 Å². The minimum absolute atomic E-state index is 0.0271. The molecule has 1 saturated heterocycles. The maximum absolute atomic E-state index is 12.5. The molecule has 0 unspecified atom stereocenters. The molecule has 1 atom stereocenters. The van der Waals surface area contributed by atoms with Crippen molar-refractivity contribution in [3.63, 3.8) is 0 Å². The zero-order valence-electron chi connectivity index (χ0n) is 14.1. The molecule has 128 valence electrons. The zero-order valence-corrected chi connectivity index (χ0v) is 16.2. The molecule has 0 spiro atoms. The maximum atomic E-state index is 12.5. The summed E-state index contributed by atoms with van der Waals surface area (Å²) in [6.07, 6.45) is 2.27. The van der Waals surface area contributed by atoms with E-state index in [-0.39, 0.29) is 5.91 Å². The SMILES string of the molecule is CCC(CC)[C@H](CNC(=O)c1ccccc1I)N1CCOCC1. The van der Waals surface area contributed by atoms with Gasteiger partial charge in [-0.25, -0.2) is 0 Å². The molecule has 23 heavy (non-hydrogen) atoms. The van der Waals surface area contributed by atoms with Gasteiger partial charge in [0.1, 0.15) is 0 Å². The Morgan fingerprint density at radius 3 is 2.52 bits per heavy atom. The molecule has 2 rings (SSSR count). The zero-order chi connectivity index (χ0) is 16.7. The van der Waals surface area contributed by atoms with Crippen molar-refractivity contribution in [1.29, 1.82) is 0 Å². The standard InChI is InChI=1S/C18H27IN2O2/c1-3-14(4-2)17(21-9-11-23-12-10-21)13-20-18(22)15-7-5-6-8-16(15)19/h5-8,14,17H,3-4,9-13H2,1-2H3,(H,20,22)/t17-/m0/s1. The highest BCUT2D eigenvalue weighted by atomic mass is 127. The van der Waals surface area contributed by atoms with E-state index < -0.39 is 0 Å². The number of nitrogens with zero attached hydrogens (tertiary/aromatic N) is 1. The minimum Gasteiger partial charge on any atom is -0.379 e. The Morgan fingerprint density at radius 1 is 1.26 bits per heavy atom. The minimum atomic E-state index is 0.0271. The van der Waals surface area contributed by atoms with Crippen LogP contribution in [0.4, 0.5) is 0 Å². The lowest BCUT2D eigenvalue weighted by Crippen LogP contribution is -2.52. The molecule has 1 amide bonds. The fraction of sp³-hybridized carbons (Fsp3) is 0.611. The number of hydrogen-bond acceptors (Lipinski definition) is 3. The van der Waals surface area contributed by atoms with Gasteiger partial charge in [-0.3, -0.25) is 9.69 Å². The van der Waals surface area contributed by atoms with Crippen LogP contribution >= 0.6 is 22.6 Å². The van der Waals surface area contributed by atoms with Gasteiger partial charge < -0.3 is 10.1 Å². The summed E-state index contributed by atoms with van der Waals surface area (Å²) < 4.78 is 6.47. The van der Waals surface area contributed by atoms with E-state index in [9.17, 15) is 4.79 Å². The topological polar surface area (TPSA) is 41.6 Å². The van der Waals surface area contributed by atoms with Gasteiger partial charge in [0.2, 0.25) is 0 Å². The van der Waals surface area contributed by atoms with Crippen LogP contribution in [0.2, 0.25) is 0 Å². The molecule has 5 heteroatoms. The highest BCUT2D eigenvalue weighted by Gasteiger charge is 2.27. The molecule has 1 fully saturated rings. The number of nitrogens with one attached hydrogen (secondary N) is 1. The number of rotatable bonds is 7. The first-order valence-corrected chi connectivity index (χ1v) is 9.59. The summed E-state index contributed by atoms with van der Waals surface area (Å²) in [6.45, 7) is 8.69. The van der Waals surface area contributed by atoms with Gasteiger partial charge in [0, 0.05) is 29.2 Å². The number of benzene rings is 1. The monoisotopic (exact) mass is 430 g/mol. The smallest absolute Gasteiger partial charge is 0.252 e. The summed E-state index contributed by atoms with van der Waals surface area (Å²) in [6, 6.07) is 8.11.